The highest BCUT2D eigenvalue weighted by Gasteiger charge is 2.28. The van der Waals surface area contributed by atoms with Crippen LogP contribution in [0.1, 0.15) is 46.5 Å². The second-order valence-electron chi connectivity index (χ2n) is 4.82. The molecule has 0 radical (unpaired) electrons. The van der Waals surface area contributed by atoms with Crippen LogP contribution in [0.15, 0.2) is 30.3 Å². The van der Waals surface area contributed by atoms with E-state index in [1.165, 1.54) is 0 Å². The van der Waals surface area contributed by atoms with Crippen molar-refractivity contribution in [2.24, 2.45) is 5.41 Å². The Morgan fingerprint density at radius 2 is 1.67 bits per heavy atom. The van der Waals surface area contributed by atoms with Gasteiger partial charge in [0.1, 0.15) is 5.75 Å². The molecule has 0 saturated heterocycles. The number of phenolic OH excluding ortho intramolecular Hbond substituents is 1. The third kappa shape index (κ3) is 6.62. The van der Waals surface area contributed by atoms with Crippen LogP contribution >= 0.6 is 0 Å². The second kappa shape index (κ2) is 8.95. The highest BCUT2D eigenvalue weighted by molar-refractivity contribution is 5.18. The predicted octanol–water partition coefficient (Wildman–Crippen LogP) is 3.30. The van der Waals surface area contributed by atoms with Crippen LogP contribution in [-0.2, 0) is 0 Å². The first-order chi connectivity index (χ1) is 8.46. The van der Waals surface area contributed by atoms with Crippen LogP contribution in [0, 0.1) is 5.41 Å². The van der Waals surface area contributed by atoms with Gasteiger partial charge in [-0.3, -0.25) is 0 Å². The molecule has 104 valence electrons. The largest absolute Gasteiger partial charge is 0.508 e. The summed E-state index contributed by atoms with van der Waals surface area (Å²) in [5, 5.41) is 26.7. The van der Waals surface area contributed by atoms with E-state index in [9.17, 15) is 0 Å². The Morgan fingerprint density at radius 3 is 1.94 bits per heavy atom. The molecular formula is C15H26O3. The number of hydrogen-bond donors (Lipinski definition) is 3. The first-order valence-corrected chi connectivity index (χ1v) is 6.56. The zero-order chi connectivity index (χ0) is 14.0. The first-order valence-electron chi connectivity index (χ1n) is 6.56. The molecule has 3 nitrogen and oxygen atoms in total. The molecule has 0 aliphatic rings. The topological polar surface area (TPSA) is 60.7 Å². The molecule has 0 fully saturated rings. The van der Waals surface area contributed by atoms with Gasteiger partial charge in [-0.2, -0.15) is 0 Å². The summed E-state index contributed by atoms with van der Waals surface area (Å²) in [6.45, 7) is 6.03. The second-order valence-corrected chi connectivity index (χ2v) is 4.82. The van der Waals surface area contributed by atoms with E-state index in [0.29, 0.717) is 5.75 Å². The lowest BCUT2D eigenvalue weighted by atomic mass is 9.82. The zero-order valence-electron chi connectivity index (χ0n) is 11.6. The summed E-state index contributed by atoms with van der Waals surface area (Å²) in [5.74, 6) is 0.322. The summed E-state index contributed by atoms with van der Waals surface area (Å²) in [4.78, 5) is 0. The summed E-state index contributed by atoms with van der Waals surface area (Å²) >= 11 is 0. The van der Waals surface area contributed by atoms with Crippen LogP contribution in [0.4, 0.5) is 0 Å². The Labute approximate surface area is 110 Å². The lowest BCUT2D eigenvalue weighted by Gasteiger charge is -2.29. The van der Waals surface area contributed by atoms with E-state index in [1.54, 1.807) is 24.3 Å². The molecule has 0 amide bonds. The number of unbranched alkanes of at least 4 members (excludes halogenated alkanes) is 1. The number of phenols is 1. The third-order valence-corrected chi connectivity index (χ3v) is 3.29. The monoisotopic (exact) mass is 254 g/mol. The van der Waals surface area contributed by atoms with Crippen molar-refractivity contribution in [3.8, 4) is 5.75 Å². The maximum atomic E-state index is 9.05. The van der Waals surface area contributed by atoms with Gasteiger partial charge in [-0.25, -0.2) is 0 Å². The lowest BCUT2D eigenvalue weighted by Crippen LogP contribution is -2.31. The fraction of sp³-hybridized carbons (Fsp3) is 0.600. The highest BCUT2D eigenvalue weighted by atomic mass is 16.5. The Balaban J connectivity index is 0.000000351. The Hall–Kier alpha value is -1.06. The van der Waals surface area contributed by atoms with Crippen molar-refractivity contribution in [3.05, 3.63) is 30.3 Å². The molecule has 3 heteroatoms. The molecule has 1 atom stereocenters. The molecule has 0 heterocycles. The average Bonchev–Trinajstić information content (AvgIpc) is 2.37. The average molecular weight is 254 g/mol. The molecule has 0 saturated carbocycles. The molecule has 1 rings (SSSR count). The Bertz CT molecular complexity index is 298. The summed E-state index contributed by atoms with van der Waals surface area (Å²) in [6.07, 6.45) is 2.74. The van der Waals surface area contributed by atoms with Crippen LogP contribution in [-0.4, -0.2) is 21.6 Å². The van der Waals surface area contributed by atoms with Gasteiger partial charge in [-0.1, -0.05) is 51.8 Å². The molecule has 0 bridgehead atoms. The predicted molar refractivity (Wildman–Crippen MR) is 74.3 cm³/mol. The van der Waals surface area contributed by atoms with E-state index >= 15 is 0 Å². The molecular weight excluding hydrogens is 228 g/mol. The van der Waals surface area contributed by atoms with Crippen molar-refractivity contribution in [3.63, 3.8) is 0 Å². The maximum Gasteiger partial charge on any atom is 0.156 e. The number of benzene rings is 1. The fourth-order valence-corrected chi connectivity index (χ4v) is 1.50. The minimum Gasteiger partial charge on any atom is -0.508 e. The maximum absolute atomic E-state index is 9.05. The van der Waals surface area contributed by atoms with Crippen LogP contribution in [0.2, 0.25) is 0 Å². The molecule has 1 aromatic rings. The van der Waals surface area contributed by atoms with Crippen LogP contribution < -0.4 is 0 Å². The molecule has 1 unspecified atom stereocenters. The van der Waals surface area contributed by atoms with Crippen molar-refractivity contribution < 1.29 is 15.3 Å². The summed E-state index contributed by atoms with van der Waals surface area (Å²) in [7, 11) is 0. The number of para-hydroxylation sites is 1. The fourth-order valence-electron chi connectivity index (χ4n) is 1.50. The normalized spacial score (nSPS) is 13.7. The summed E-state index contributed by atoms with van der Waals surface area (Å²) < 4.78 is 0. The van der Waals surface area contributed by atoms with Crippen molar-refractivity contribution >= 4 is 0 Å². The van der Waals surface area contributed by atoms with E-state index in [1.807, 2.05) is 19.9 Å². The van der Waals surface area contributed by atoms with Crippen molar-refractivity contribution in [1.82, 2.24) is 0 Å². The molecule has 0 aromatic heterocycles. The SMILES string of the molecule is CCCCC(C)(CC)C(O)O.Oc1ccccc1. The van der Waals surface area contributed by atoms with Crippen molar-refractivity contribution in [2.75, 3.05) is 0 Å². The number of hydrogen-bond acceptors (Lipinski definition) is 3. The van der Waals surface area contributed by atoms with E-state index < -0.39 is 6.29 Å². The van der Waals surface area contributed by atoms with Gasteiger partial charge < -0.3 is 15.3 Å². The van der Waals surface area contributed by atoms with E-state index in [-0.39, 0.29) is 5.41 Å². The quantitative estimate of drug-likeness (QED) is 0.707. The van der Waals surface area contributed by atoms with Gasteiger partial charge in [0.2, 0.25) is 0 Å². The molecule has 0 aliphatic heterocycles. The van der Waals surface area contributed by atoms with Crippen LogP contribution in [0.5, 0.6) is 5.75 Å². The number of aromatic hydroxyl groups is 1. The number of aliphatic hydroxyl groups is 2. The van der Waals surface area contributed by atoms with Gasteiger partial charge in [0.15, 0.2) is 6.29 Å². The molecule has 18 heavy (non-hydrogen) atoms. The zero-order valence-corrected chi connectivity index (χ0v) is 11.6. The Morgan fingerprint density at radius 1 is 1.11 bits per heavy atom. The molecule has 3 N–H and O–H groups in total. The smallest absolute Gasteiger partial charge is 0.156 e. The third-order valence-electron chi connectivity index (χ3n) is 3.29. The highest BCUT2D eigenvalue weighted by Crippen LogP contribution is 2.30. The number of aliphatic hydroxyl groups excluding tert-OH is 1. The van der Waals surface area contributed by atoms with Crippen molar-refractivity contribution in [2.45, 2.75) is 52.7 Å². The molecule has 1 aromatic carbocycles. The summed E-state index contributed by atoms with van der Waals surface area (Å²) in [6, 6.07) is 8.71. The van der Waals surface area contributed by atoms with Gasteiger partial charge in [0, 0.05) is 5.41 Å². The van der Waals surface area contributed by atoms with E-state index in [2.05, 4.69) is 6.92 Å². The summed E-state index contributed by atoms with van der Waals surface area (Å²) in [5.41, 5.74) is -0.296. The van der Waals surface area contributed by atoms with Gasteiger partial charge in [0.05, 0.1) is 0 Å². The minimum atomic E-state index is -1.17. The van der Waals surface area contributed by atoms with Gasteiger partial charge in [0.25, 0.3) is 0 Å². The van der Waals surface area contributed by atoms with Crippen LogP contribution in [0.25, 0.3) is 0 Å². The van der Waals surface area contributed by atoms with Crippen LogP contribution in [0.3, 0.4) is 0 Å². The Kier molecular flexibility index (Phi) is 8.42. The van der Waals surface area contributed by atoms with E-state index in [0.717, 1.165) is 25.7 Å². The lowest BCUT2D eigenvalue weighted by molar-refractivity contribution is -0.133. The van der Waals surface area contributed by atoms with Gasteiger partial charge in [-0.05, 0) is 25.0 Å². The standard InChI is InChI=1S/C9H20O2.C6H6O/c1-4-6-7-9(3,5-2)8(10)11;7-6-4-2-1-3-5-6/h8,10-11H,4-7H2,1-3H3;1-5,7H. The van der Waals surface area contributed by atoms with Gasteiger partial charge in [-0.15, -0.1) is 0 Å². The number of rotatable bonds is 5. The van der Waals surface area contributed by atoms with E-state index in [4.69, 9.17) is 15.3 Å². The minimum absolute atomic E-state index is 0.296. The molecule has 0 aliphatic carbocycles. The first kappa shape index (κ1) is 16.9. The van der Waals surface area contributed by atoms with Crippen molar-refractivity contribution in [1.29, 1.82) is 0 Å². The molecule has 0 spiro atoms. The van der Waals surface area contributed by atoms with Gasteiger partial charge >= 0.3 is 0 Å².